The molecule has 0 atom stereocenters. The minimum Gasteiger partial charge on any atom is -0.310 e. The van der Waals surface area contributed by atoms with Crippen LogP contribution in [0, 0.1) is 0 Å². The summed E-state index contributed by atoms with van der Waals surface area (Å²) < 4.78 is 5.01. The first-order chi connectivity index (χ1) is 27.3. The summed E-state index contributed by atoms with van der Waals surface area (Å²) in [6, 6.07) is 75.3. The van der Waals surface area contributed by atoms with E-state index in [1.54, 1.807) is 0 Å². The lowest BCUT2D eigenvalue weighted by Crippen LogP contribution is -2.12. The fraction of sp³-hybridized carbons (Fsp3) is 0. The van der Waals surface area contributed by atoms with Gasteiger partial charge in [-0.05, 0) is 88.1 Å². The van der Waals surface area contributed by atoms with E-state index < -0.39 is 0 Å². The third-order valence-corrected chi connectivity index (χ3v) is 12.1. The molecular formula is C52H34N2S. The van der Waals surface area contributed by atoms with Crippen LogP contribution >= 0.6 is 11.3 Å². The molecule has 11 aromatic rings. The Morgan fingerprint density at radius 1 is 0.382 bits per heavy atom. The third-order valence-electron chi connectivity index (χ3n) is 11.0. The van der Waals surface area contributed by atoms with Gasteiger partial charge in [0.05, 0.1) is 16.7 Å². The van der Waals surface area contributed by atoms with Crippen molar-refractivity contribution in [2.45, 2.75) is 0 Å². The fourth-order valence-corrected chi connectivity index (χ4v) is 9.72. The molecule has 0 radical (unpaired) electrons. The maximum atomic E-state index is 2.45. The summed E-state index contributed by atoms with van der Waals surface area (Å²) in [5.41, 5.74) is 11.7. The SMILES string of the molecule is c1cc(-c2cccc3ccccc23)cc(N(c2cccc(-n3c4ccccc4c4ccccc43)c2)c2ccccc2-c2cccc3sc4ccccc4c23)c1. The van der Waals surface area contributed by atoms with Gasteiger partial charge in [-0.2, -0.15) is 0 Å². The highest BCUT2D eigenvalue weighted by molar-refractivity contribution is 7.25. The molecular weight excluding hydrogens is 685 g/mol. The fourth-order valence-electron chi connectivity index (χ4n) is 8.58. The van der Waals surface area contributed by atoms with Gasteiger partial charge in [0.25, 0.3) is 0 Å². The predicted octanol–water partition coefficient (Wildman–Crippen LogP) is 15.1. The Kier molecular flexibility index (Phi) is 7.39. The molecule has 0 aliphatic heterocycles. The zero-order chi connectivity index (χ0) is 36.3. The Balaban J connectivity index is 1.17. The quantitative estimate of drug-likeness (QED) is 0.166. The maximum Gasteiger partial charge on any atom is 0.0541 e. The van der Waals surface area contributed by atoms with Crippen molar-refractivity contribution in [2.24, 2.45) is 0 Å². The molecule has 0 saturated carbocycles. The Bertz CT molecular complexity index is 3180. The first-order valence-corrected chi connectivity index (χ1v) is 19.6. The molecule has 258 valence electrons. The largest absolute Gasteiger partial charge is 0.310 e. The number of hydrogen-bond donors (Lipinski definition) is 0. The minimum atomic E-state index is 1.09. The Labute approximate surface area is 323 Å². The number of anilines is 3. The zero-order valence-corrected chi connectivity index (χ0v) is 30.7. The van der Waals surface area contributed by atoms with E-state index in [9.17, 15) is 0 Å². The second-order valence-electron chi connectivity index (χ2n) is 14.1. The van der Waals surface area contributed by atoms with Gasteiger partial charge in [0.1, 0.15) is 0 Å². The second-order valence-corrected chi connectivity index (χ2v) is 15.2. The lowest BCUT2D eigenvalue weighted by Gasteiger charge is -2.29. The molecule has 0 unspecified atom stereocenters. The van der Waals surface area contributed by atoms with Crippen molar-refractivity contribution < 1.29 is 0 Å². The van der Waals surface area contributed by atoms with Crippen LogP contribution in [0.25, 0.3) is 80.7 Å². The van der Waals surface area contributed by atoms with Crippen LogP contribution in [0.2, 0.25) is 0 Å². The van der Waals surface area contributed by atoms with Crippen molar-refractivity contribution in [3.8, 4) is 27.9 Å². The molecule has 2 heterocycles. The number of nitrogens with zero attached hydrogens (tertiary/aromatic N) is 2. The van der Waals surface area contributed by atoms with E-state index in [0.29, 0.717) is 0 Å². The van der Waals surface area contributed by atoms with Crippen molar-refractivity contribution in [1.82, 2.24) is 4.57 Å². The van der Waals surface area contributed by atoms with Crippen LogP contribution in [0.3, 0.4) is 0 Å². The van der Waals surface area contributed by atoms with Gasteiger partial charge in [-0.3, -0.25) is 0 Å². The standard InChI is InChI=1S/C52H34N2S/c1-2-21-40-35(15-1)16-12-26-41(40)36-17-11-18-37(33-36)53(38-19-13-20-39(34-38)54-48-29-8-3-22-42(48)43-23-4-9-30-49(43)54)47-28-7-5-24-44(47)45-27-14-32-51-52(45)46-25-6-10-31-50(46)55-51/h1-34H. The van der Waals surface area contributed by atoms with Gasteiger partial charge in [0.15, 0.2) is 0 Å². The molecule has 0 aliphatic rings. The number of para-hydroxylation sites is 3. The number of fused-ring (bicyclic) bond motifs is 7. The Hall–Kier alpha value is -6.94. The number of thiophene rings is 1. The van der Waals surface area contributed by atoms with Crippen LogP contribution in [0.4, 0.5) is 17.1 Å². The monoisotopic (exact) mass is 718 g/mol. The number of rotatable bonds is 6. The van der Waals surface area contributed by atoms with Crippen molar-refractivity contribution >= 4 is 81.1 Å². The van der Waals surface area contributed by atoms with Crippen molar-refractivity contribution in [1.29, 1.82) is 0 Å². The van der Waals surface area contributed by atoms with E-state index in [-0.39, 0.29) is 0 Å². The van der Waals surface area contributed by atoms with Crippen molar-refractivity contribution in [3.05, 3.63) is 206 Å². The summed E-state index contributed by atoms with van der Waals surface area (Å²) >= 11 is 1.86. The Morgan fingerprint density at radius 2 is 0.945 bits per heavy atom. The molecule has 0 saturated heterocycles. The minimum absolute atomic E-state index is 1.09. The number of hydrogen-bond acceptors (Lipinski definition) is 2. The van der Waals surface area contributed by atoms with E-state index in [4.69, 9.17) is 0 Å². The molecule has 0 bridgehead atoms. The van der Waals surface area contributed by atoms with Crippen LogP contribution < -0.4 is 4.90 Å². The topological polar surface area (TPSA) is 8.17 Å². The molecule has 0 fully saturated rings. The molecule has 0 N–H and O–H groups in total. The summed E-state index contributed by atoms with van der Waals surface area (Å²) in [6.07, 6.45) is 0. The number of benzene rings is 9. The van der Waals surface area contributed by atoms with Crippen molar-refractivity contribution in [2.75, 3.05) is 4.90 Å². The van der Waals surface area contributed by atoms with Crippen molar-refractivity contribution in [3.63, 3.8) is 0 Å². The van der Waals surface area contributed by atoms with Crippen LogP contribution in [-0.2, 0) is 0 Å². The van der Waals surface area contributed by atoms with Crippen LogP contribution in [0.1, 0.15) is 0 Å². The summed E-state index contributed by atoms with van der Waals surface area (Å²) in [6.45, 7) is 0. The molecule has 0 amide bonds. The van der Waals surface area contributed by atoms with Gasteiger partial charge in [-0.25, -0.2) is 0 Å². The smallest absolute Gasteiger partial charge is 0.0541 e. The zero-order valence-electron chi connectivity index (χ0n) is 29.9. The van der Waals surface area contributed by atoms with Gasteiger partial charge in [0, 0.05) is 53.6 Å². The molecule has 0 aliphatic carbocycles. The highest BCUT2D eigenvalue weighted by Gasteiger charge is 2.21. The normalized spacial score (nSPS) is 11.6. The molecule has 3 heteroatoms. The maximum absolute atomic E-state index is 2.45. The Morgan fingerprint density at radius 3 is 1.78 bits per heavy atom. The average molecular weight is 719 g/mol. The van der Waals surface area contributed by atoms with Crippen LogP contribution in [0.5, 0.6) is 0 Å². The van der Waals surface area contributed by atoms with Gasteiger partial charge in [-0.1, -0.05) is 146 Å². The molecule has 0 spiro atoms. The highest BCUT2D eigenvalue weighted by Crippen LogP contribution is 2.47. The summed E-state index contributed by atoms with van der Waals surface area (Å²) in [4.78, 5) is 2.45. The van der Waals surface area contributed by atoms with Gasteiger partial charge >= 0.3 is 0 Å². The highest BCUT2D eigenvalue weighted by atomic mass is 32.1. The summed E-state index contributed by atoms with van der Waals surface area (Å²) in [5, 5.41) is 7.60. The lowest BCUT2D eigenvalue weighted by molar-refractivity contribution is 1.17. The van der Waals surface area contributed by atoms with Gasteiger partial charge in [0.2, 0.25) is 0 Å². The first-order valence-electron chi connectivity index (χ1n) is 18.8. The summed E-state index contributed by atoms with van der Waals surface area (Å²) in [5.74, 6) is 0. The van der Waals surface area contributed by atoms with E-state index in [1.807, 2.05) is 11.3 Å². The van der Waals surface area contributed by atoms with E-state index >= 15 is 0 Å². The average Bonchev–Trinajstić information content (AvgIpc) is 3.80. The van der Waals surface area contributed by atoms with E-state index in [2.05, 4.69) is 216 Å². The van der Waals surface area contributed by atoms with Crippen LogP contribution in [0.15, 0.2) is 206 Å². The number of aromatic nitrogens is 1. The van der Waals surface area contributed by atoms with E-state index in [0.717, 1.165) is 22.7 Å². The molecule has 2 nitrogen and oxygen atoms in total. The summed E-state index contributed by atoms with van der Waals surface area (Å²) in [7, 11) is 0. The van der Waals surface area contributed by atoms with Gasteiger partial charge < -0.3 is 9.47 Å². The van der Waals surface area contributed by atoms with Crippen LogP contribution in [-0.4, -0.2) is 4.57 Å². The molecule has 55 heavy (non-hydrogen) atoms. The predicted molar refractivity (Wildman–Crippen MR) is 237 cm³/mol. The van der Waals surface area contributed by atoms with Gasteiger partial charge in [-0.15, -0.1) is 11.3 Å². The first kappa shape index (κ1) is 31.6. The molecule has 9 aromatic carbocycles. The second kappa shape index (κ2) is 12.9. The lowest BCUT2D eigenvalue weighted by atomic mass is 9.96. The molecule has 2 aromatic heterocycles. The third kappa shape index (κ3) is 5.16. The van der Waals surface area contributed by atoms with E-state index in [1.165, 1.54) is 75.0 Å². The molecule has 11 rings (SSSR count).